The Morgan fingerprint density at radius 2 is 2.11 bits per heavy atom. The van der Waals surface area contributed by atoms with E-state index in [1.807, 2.05) is 18.5 Å². The lowest BCUT2D eigenvalue weighted by molar-refractivity contribution is 0.122. The fraction of sp³-hybridized carbons (Fsp3) is 0.688. The first kappa shape index (κ1) is 14.5. The Balaban J connectivity index is 1.99. The summed E-state index contributed by atoms with van der Waals surface area (Å²) in [7, 11) is 2.22. The van der Waals surface area contributed by atoms with E-state index < -0.39 is 0 Å². The molecule has 106 valence electrons. The second-order valence-electron chi connectivity index (χ2n) is 5.79. The molecule has 19 heavy (non-hydrogen) atoms. The van der Waals surface area contributed by atoms with Gasteiger partial charge in [0.15, 0.2) is 0 Å². The summed E-state index contributed by atoms with van der Waals surface area (Å²) >= 11 is 0. The van der Waals surface area contributed by atoms with Crippen molar-refractivity contribution in [2.45, 2.75) is 51.1 Å². The summed E-state index contributed by atoms with van der Waals surface area (Å²) in [5, 5.41) is 0. The first-order valence-electron chi connectivity index (χ1n) is 7.58. The molecule has 0 radical (unpaired) electrons. The highest BCUT2D eigenvalue weighted by molar-refractivity contribution is 5.14. The molecule has 1 aliphatic rings. The van der Waals surface area contributed by atoms with Crippen molar-refractivity contribution in [1.29, 1.82) is 0 Å². The molecular formula is C16H27N3. The van der Waals surface area contributed by atoms with Crippen molar-refractivity contribution < 1.29 is 0 Å². The molecule has 3 nitrogen and oxygen atoms in total. The maximum Gasteiger partial charge on any atom is 0.0485 e. The third-order valence-electron chi connectivity index (χ3n) is 4.75. The Bertz CT molecular complexity index is 358. The molecule has 1 heterocycles. The van der Waals surface area contributed by atoms with Gasteiger partial charge in [0, 0.05) is 31.0 Å². The summed E-state index contributed by atoms with van der Waals surface area (Å²) in [6, 6.07) is 5.12. The Morgan fingerprint density at radius 3 is 2.63 bits per heavy atom. The summed E-state index contributed by atoms with van der Waals surface area (Å²) in [6.45, 7) is 2.98. The van der Waals surface area contributed by atoms with Crippen molar-refractivity contribution in [3.8, 4) is 0 Å². The van der Waals surface area contributed by atoms with Crippen LogP contribution in [0.1, 0.15) is 50.6 Å². The average molecular weight is 261 g/mol. The molecule has 0 bridgehead atoms. The number of aromatic nitrogens is 1. The largest absolute Gasteiger partial charge is 0.329 e. The van der Waals surface area contributed by atoms with Crippen molar-refractivity contribution in [2.24, 2.45) is 11.7 Å². The van der Waals surface area contributed by atoms with Gasteiger partial charge in [-0.2, -0.15) is 0 Å². The SMILES string of the molecule is CCC1CCC(N(C)C(CN)c2cccnc2)CC1. The predicted molar refractivity (Wildman–Crippen MR) is 79.8 cm³/mol. The monoisotopic (exact) mass is 261 g/mol. The normalized spacial score (nSPS) is 25.5. The molecule has 1 fully saturated rings. The smallest absolute Gasteiger partial charge is 0.0485 e. The van der Waals surface area contributed by atoms with Crippen LogP contribution >= 0.6 is 0 Å². The minimum atomic E-state index is 0.303. The highest BCUT2D eigenvalue weighted by Gasteiger charge is 2.27. The van der Waals surface area contributed by atoms with Crippen molar-refractivity contribution in [3.63, 3.8) is 0 Å². The van der Waals surface area contributed by atoms with E-state index in [0.29, 0.717) is 18.6 Å². The van der Waals surface area contributed by atoms with Crippen molar-refractivity contribution in [1.82, 2.24) is 9.88 Å². The van der Waals surface area contributed by atoms with Gasteiger partial charge in [0.25, 0.3) is 0 Å². The second-order valence-corrected chi connectivity index (χ2v) is 5.79. The van der Waals surface area contributed by atoms with Crippen molar-refractivity contribution in [3.05, 3.63) is 30.1 Å². The quantitative estimate of drug-likeness (QED) is 0.886. The van der Waals surface area contributed by atoms with Crippen LogP contribution in [0, 0.1) is 5.92 Å². The fourth-order valence-corrected chi connectivity index (χ4v) is 3.33. The lowest BCUT2D eigenvalue weighted by Gasteiger charge is -2.38. The highest BCUT2D eigenvalue weighted by atomic mass is 15.2. The minimum absolute atomic E-state index is 0.303. The van der Waals surface area contributed by atoms with Gasteiger partial charge in [0.2, 0.25) is 0 Å². The van der Waals surface area contributed by atoms with Crippen molar-refractivity contribution in [2.75, 3.05) is 13.6 Å². The minimum Gasteiger partial charge on any atom is -0.329 e. The number of likely N-dealkylation sites (N-methyl/N-ethyl adjacent to an activating group) is 1. The zero-order valence-corrected chi connectivity index (χ0v) is 12.3. The van der Waals surface area contributed by atoms with Gasteiger partial charge in [-0.1, -0.05) is 19.4 Å². The Labute approximate surface area is 117 Å². The van der Waals surface area contributed by atoms with Gasteiger partial charge in [-0.05, 0) is 50.3 Å². The van der Waals surface area contributed by atoms with E-state index in [9.17, 15) is 0 Å². The van der Waals surface area contributed by atoms with Gasteiger partial charge in [0.1, 0.15) is 0 Å². The molecule has 1 saturated carbocycles. The Morgan fingerprint density at radius 1 is 1.37 bits per heavy atom. The van der Waals surface area contributed by atoms with Crippen LogP contribution in [0.25, 0.3) is 0 Å². The van der Waals surface area contributed by atoms with Crippen molar-refractivity contribution >= 4 is 0 Å². The molecule has 2 N–H and O–H groups in total. The van der Waals surface area contributed by atoms with Crippen LogP contribution in [0.3, 0.4) is 0 Å². The molecule has 1 atom stereocenters. The first-order chi connectivity index (χ1) is 9.26. The van der Waals surface area contributed by atoms with Crippen LogP contribution in [0.5, 0.6) is 0 Å². The summed E-state index contributed by atoms with van der Waals surface area (Å²) < 4.78 is 0. The summed E-state index contributed by atoms with van der Waals surface area (Å²) in [6.07, 6.45) is 10.5. The zero-order valence-electron chi connectivity index (χ0n) is 12.3. The van der Waals surface area contributed by atoms with Crippen LogP contribution in [0.2, 0.25) is 0 Å². The number of nitrogens with two attached hydrogens (primary N) is 1. The average Bonchev–Trinajstić information content (AvgIpc) is 2.49. The molecule has 1 aromatic heterocycles. The third kappa shape index (κ3) is 3.54. The van der Waals surface area contributed by atoms with Gasteiger partial charge in [-0.3, -0.25) is 9.88 Å². The second kappa shape index (κ2) is 7.01. The van der Waals surface area contributed by atoms with E-state index in [2.05, 4.69) is 29.9 Å². The number of pyridine rings is 1. The summed E-state index contributed by atoms with van der Waals surface area (Å²) in [5.74, 6) is 0.944. The van der Waals surface area contributed by atoms with Crippen LogP contribution < -0.4 is 5.73 Å². The standard InChI is InChI=1S/C16H27N3/c1-3-13-6-8-15(9-7-13)19(2)16(11-17)14-5-4-10-18-12-14/h4-5,10,12-13,15-16H,3,6-9,11,17H2,1-2H3. The zero-order chi connectivity index (χ0) is 13.7. The van der Waals surface area contributed by atoms with E-state index in [-0.39, 0.29) is 0 Å². The van der Waals surface area contributed by atoms with E-state index in [1.165, 1.54) is 37.7 Å². The number of nitrogens with zero attached hydrogens (tertiary/aromatic N) is 2. The Hall–Kier alpha value is -0.930. The van der Waals surface area contributed by atoms with Crippen LogP contribution in [-0.4, -0.2) is 29.5 Å². The molecule has 0 aliphatic heterocycles. The Kier molecular flexibility index (Phi) is 5.34. The highest BCUT2D eigenvalue weighted by Crippen LogP contribution is 2.32. The predicted octanol–water partition coefficient (Wildman–Crippen LogP) is 2.98. The molecule has 1 aromatic rings. The van der Waals surface area contributed by atoms with E-state index in [4.69, 9.17) is 5.73 Å². The van der Waals surface area contributed by atoms with Gasteiger partial charge in [-0.15, -0.1) is 0 Å². The van der Waals surface area contributed by atoms with E-state index in [1.54, 1.807) is 0 Å². The fourth-order valence-electron chi connectivity index (χ4n) is 3.33. The van der Waals surface area contributed by atoms with Gasteiger partial charge in [0.05, 0.1) is 0 Å². The molecular weight excluding hydrogens is 234 g/mol. The molecule has 0 amide bonds. The first-order valence-corrected chi connectivity index (χ1v) is 7.58. The molecule has 0 saturated heterocycles. The lowest BCUT2D eigenvalue weighted by atomic mass is 9.83. The van der Waals surface area contributed by atoms with E-state index >= 15 is 0 Å². The number of rotatable bonds is 5. The van der Waals surface area contributed by atoms with Crippen LogP contribution in [0.4, 0.5) is 0 Å². The maximum absolute atomic E-state index is 6.00. The molecule has 0 aromatic carbocycles. The van der Waals surface area contributed by atoms with Gasteiger partial charge >= 0.3 is 0 Å². The third-order valence-corrected chi connectivity index (χ3v) is 4.75. The molecule has 0 spiro atoms. The molecule has 1 aliphatic carbocycles. The molecule has 3 heteroatoms. The van der Waals surface area contributed by atoms with Gasteiger partial charge in [-0.25, -0.2) is 0 Å². The lowest BCUT2D eigenvalue weighted by Crippen LogP contribution is -2.40. The topological polar surface area (TPSA) is 42.1 Å². The van der Waals surface area contributed by atoms with Crippen LogP contribution in [0.15, 0.2) is 24.5 Å². The van der Waals surface area contributed by atoms with E-state index in [0.717, 1.165) is 5.92 Å². The van der Waals surface area contributed by atoms with Gasteiger partial charge < -0.3 is 5.73 Å². The number of hydrogen-bond acceptors (Lipinski definition) is 3. The molecule has 2 rings (SSSR count). The van der Waals surface area contributed by atoms with Crippen LogP contribution in [-0.2, 0) is 0 Å². The summed E-state index contributed by atoms with van der Waals surface area (Å²) in [4.78, 5) is 6.70. The maximum atomic E-state index is 6.00. The molecule has 1 unspecified atom stereocenters. The number of hydrogen-bond donors (Lipinski definition) is 1. The summed E-state index contributed by atoms with van der Waals surface area (Å²) in [5.41, 5.74) is 7.24.